The molecule has 0 saturated heterocycles. The van der Waals surface area contributed by atoms with Crippen molar-refractivity contribution in [3.63, 3.8) is 0 Å². The van der Waals surface area contributed by atoms with Crippen molar-refractivity contribution in [2.45, 2.75) is 25.3 Å². The number of thiazole rings is 1. The van der Waals surface area contributed by atoms with E-state index in [1.54, 1.807) is 42.9 Å². The summed E-state index contributed by atoms with van der Waals surface area (Å²) >= 11 is 19.8. The van der Waals surface area contributed by atoms with Gasteiger partial charge < -0.3 is 18.9 Å². The van der Waals surface area contributed by atoms with Crippen molar-refractivity contribution in [2.24, 2.45) is 10.9 Å². The molecule has 8 nitrogen and oxygen atoms in total. The molecule has 12 heteroatoms. The Bertz CT molecular complexity index is 1900. The monoisotopic (exact) mass is 644 g/mol. The number of halogens is 3. The van der Waals surface area contributed by atoms with Crippen LogP contribution in [0.15, 0.2) is 64.4 Å². The molecule has 216 valence electrons. The molecule has 0 N–H and O–H groups in total. The summed E-state index contributed by atoms with van der Waals surface area (Å²) in [5, 5.41) is 0.962. The number of hydrogen-bond donors (Lipinski definition) is 0. The van der Waals surface area contributed by atoms with E-state index in [1.165, 1.54) is 18.4 Å². The molecule has 0 saturated carbocycles. The van der Waals surface area contributed by atoms with Crippen molar-refractivity contribution in [1.29, 1.82) is 0 Å². The van der Waals surface area contributed by atoms with Crippen molar-refractivity contribution >= 4 is 58.2 Å². The molecular weight excluding hydrogens is 623 g/mol. The molecule has 0 amide bonds. The number of nitrogens with zero attached hydrogens (tertiary/aromatic N) is 2. The maximum Gasteiger partial charge on any atom is 0.317 e. The zero-order chi connectivity index (χ0) is 29.8. The lowest BCUT2D eigenvalue weighted by Gasteiger charge is -2.44. The van der Waals surface area contributed by atoms with E-state index in [0.29, 0.717) is 37.2 Å². The zero-order valence-electron chi connectivity index (χ0n) is 22.5. The van der Waals surface area contributed by atoms with Crippen LogP contribution in [-0.4, -0.2) is 30.5 Å². The maximum atomic E-state index is 13.9. The minimum Gasteiger partial charge on any atom is -0.496 e. The molecule has 2 bridgehead atoms. The van der Waals surface area contributed by atoms with Crippen LogP contribution >= 0.6 is 46.1 Å². The van der Waals surface area contributed by atoms with Crippen LogP contribution in [0.25, 0.3) is 6.08 Å². The van der Waals surface area contributed by atoms with Gasteiger partial charge in [-0.2, -0.15) is 0 Å². The topological polar surface area (TPSA) is 88.4 Å². The highest BCUT2D eigenvalue weighted by molar-refractivity contribution is 7.07. The predicted octanol–water partition coefficient (Wildman–Crippen LogP) is 5.41. The van der Waals surface area contributed by atoms with E-state index >= 15 is 0 Å². The third kappa shape index (κ3) is 4.84. The maximum absolute atomic E-state index is 13.9. The smallest absolute Gasteiger partial charge is 0.317 e. The fraction of sp³-hybridized carbons (Fsp3) is 0.233. The first kappa shape index (κ1) is 28.6. The van der Waals surface area contributed by atoms with Crippen LogP contribution in [0.5, 0.6) is 17.2 Å². The van der Waals surface area contributed by atoms with Gasteiger partial charge in [-0.3, -0.25) is 14.2 Å². The largest absolute Gasteiger partial charge is 0.496 e. The minimum atomic E-state index is -1.24. The number of methoxy groups -OCH3 is 2. The molecule has 3 aromatic carbocycles. The first-order chi connectivity index (χ1) is 20.1. The van der Waals surface area contributed by atoms with Crippen LogP contribution in [0.3, 0.4) is 0 Å². The highest BCUT2D eigenvalue weighted by Gasteiger charge is 2.55. The molecule has 4 aromatic rings. The predicted molar refractivity (Wildman–Crippen MR) is 161 cm³/mol. The van der Waals surface area contributed by atoms with Crippen LogP contribution < -0.4 is 29.1 Å². The highest BCUT2D eigenvalue weighted by Crippen LogP contribution is 2.47. The minimum absolute atomic E-state index is 0.0938. The van der Waals surface area contributed by atoms with Crippen LogP contribution in [0.1, 0.15) is 29.7 Å². The number of carbonyl (C=O) groups excluding carboxylic acids is 1. The second-order valence-corrected chi connectivity index (χ2v) is 12.1. The average Bonchev–Trinajstić information content (AvgIpc) is 3.24. The molecule has 1 aromatic heterocycles. The van der Waals surface area contributed by atoms with E-state index in [2.05, 4.69) is 0 Å². The quantitative estimate of drug-likeness (QED) is 0.261. The number of esters is 1. The number of hydrogen-bond acceptors (Lipinski definition) is 8. The van der Waals surface area contributed by atoms with E-state index < -0.39 is 23.7 Å². The van der Waals surface area contributed by atoms with Gasteiger partial charge in [0.1, 0.15) is 24.0 Å². The van der Waals surface area contributed by atoms with Gasteiger partial charge in [0.15, 0.2) is 10.6 Å². The second-order valence-electron chi connectivity index (χ2n) is 9.88. The van der Waals surface area contributed by atoms with Gasteiger partial charge in [0.05, 0.1) is 34.8 Å². The van der Waals surface area contributed by atoms with Crippen molar-refractivity contribution < 1.29 is 23.7 Å². The highest BCUT2D eigenvalue weighted by atomic mass is 35.5. The summed E-state index contributed by atoms with van der Waals surface area (Å²) in [6.45, 7) is 1.83. The van der Waals surface area contributed by atoms with Crippen LogP contribution in [0.4, 0.5) is 0 Å². The molecule has 6 rings (SSSR count). The summed E-state index contributed by atoms with van der Waals surface area (Å²) < 4.78 is 24.8. The van der Waals surface area contributed by atoms with Gasteiger partial charge in [-0.25, -0.2) is 4.99 Å². The number of ether oxygens (including phenoxy) is 4. The molecule has 2 aliphatic heterocycles. The Morgan fingerprint density at radius 2 is 1.86 bits per heavy atom. The number of fused-ring (bicyclic) bond motifs is 6. The second kappa shape index (κ2) is 11.0. The summed E-state index contributed by atoms with van der Waals surface area (Å²) in [7, 11) is 2.88. The van der Waals surface area contributed by atoms with Crippen molar-refractivity contribution in [1.82, 2.24) is 4.57 Å². The summed E-state index contributed by atoms with van der Waals surface area (Å²) in [6.07, 6.45) is 1.77. The Morgan fingerprint density at radius 3 is 2.57 bits per heavy atom. The number of benzene rings is 3. The SMILES string of the molecule is COC(=O)[C@H]1[C@H]2c3ccccc3O[C@@]1(C)N=c1sc(=Cc3ccc(OC)c(COc4c(Cl)cc(Cl)cc4Cl)c3)c(=O)n12. The first-order valence-corrected chi connectivity index (χ1v) is 14.7. The third-order valence-electron chi connectivity index (χ3n) is 7.27. The van der Waals surface area contributed by atoms with Crippen LogP contribution in [0, 0.1) is 5.92 Å². The van der Waals surface area contributed by atoms with Crippen molar-refractivity contribution in [3.8, 4) is 17.2 Å². The molecule has 0 radical (unpaired) electrons. The van der Waals surface area contributed by atoms with Gasteiger partial charge in [-0.15, -0.1) is 0 Å². The van der Waals surface area contributed by atoms with Crippen molar-refractivity contribution in [2.75, 3.05) is 14.2 Å². The van der Waals surface area contributed by atoms with Gasteiger partial charge in [-0.1, -0.05) is 70.4 Å². The summed E-state index contributed by atoms with van der Waals surface area (Å²) in [5.41, 5.74) is 0.640. The Balaban J connectivity index is 1.43. The molecule has 0 fully saturated rings. The van der Waals surface area contributed by atoms with Gasteiger partial charge >= 0.3 is 5.97 Å². The van der Waals surface area contributed by atoms with E-state index in [1.807, 2.05) is 36.4 Å². The molecule has 2 aliphatic rings. The molecule has 42 heavy (non-hydrogen) atoms. The fourth-order valence-corrected chi connectivity index (χ4v) is 7.43. The van der Waals surface area contributed by atoms with E-state index in [0.717, 1.165) is 11.1 Å². The normalized spacial score (nSPS) is 20.6. The summed E-state index contributed by atoms with van der Waals surface area (Å²) in [4.78, 5) is 32.1. The summed E-state index contributed by atoms with van der Waals surface area (Å²) in [5.74, 6) is 0.107. The van der Waals surface area contributed by atoms with Gasteiger partial charge in [0, 0.05) is 16.1 Å². The number of carbonyl (C=O) groups is 1. The molecule has 0 aliphatic carbocycles. The number of aromatic nitrogens is 1. The standard InChI is InChI=1S/C30H23Cl3N2O6S/c1-30-24(28(37)39-3)25(18-6-4-5-7-22(18)41-30)35-27(36)23(42-29(35)34-30)11-15-8-9-21(38-2)16(10-15)14-40-26-19(32)12-17(31)13-20(26)33/h4-13,24-25H,14H2,1-3H3/t24-,25-,30-/m1/s1. The summed E-state index contributed by atoms with van der Waals surface area (Å²) in [6, 6.07) is 15.3. The molecule has 0 unspecified atom stereocenters. The molecular formula is C30H23Cl3N2O6S. The first-order valence-electron chi connectivity index (χ1n) is 12.8. The molecule has 3 heterocycles. The fourth-order valence-electron chi connectivity index (χ4n) is 5.40. The Hall–Kier alpha value is -3.50. The Labute approximate surface area is 259 Å². The number of para-hydroxylation sites is 1. The van der Waals surface area contributed by atoms with Crippen LogP contribution in [0.2, 0.25) is 15.1 Å². The van der Waals surface area contributed by atoms with Gasteiger partial charge in [-0.05, 0) is 48.9 Å². The lowest BCUT2D eigenvalue weighted by molar-refractivity contribution is -0.158. The Kier molecular flexibility index (Phi) is 7.47. The molecule has 3 atom stereocenters. The zero-order valence-corrected chi connectivity index (χ0v) is 25.6. The third-order valence-corrected chi connectivity index (χ3v) is 9.03. The van der Waals surface area contributed by atoms with Gasteiger partial charge in [0.2, 0.25) is 5.72 Å². The lowest BCUT2D eigenvalue weighted by Crippen LogP contribution is -2.58. The van der Waals surface area contributed by atoms with E-state index in [-0.39, 0.29) is 22.2 Å². The van der Waals surface area contributed by atoms with E-state index in [4.69, 9.17) is 58.7 Å². The van der Waals surface area contributed by atoms with Crippen molar-refractivity contribution in [3.05, 3.63) is 106 Å². The van der Waals surface area contributed by atoms with Crippen LogP contribution in [-0.2, 0) is 16.1 Å². The lowest BCUT2D eigenvalue weighted by atomic mass is 9.81. The Morgan fingerprint density at radius 1 is 1.12 bits per heavy atom. The molecule has 0 spiro atoms. The average molecular weight is 646 g/mol. The van der Waals surface area contributed by atoms with E-state index in [9.17, 15) is 9.59 Å². The number of rotatable bonds is 6. The van der Waals surface area contributed by atoms with Gasteiger partial charge in [0.25, 0.3) is 5.56 Å².